The molecule has 1 aliphatic rings. The van der Waals surface area contributed by atoms with Gasteiger partial charge in [0.05, 0.1) is 12.2 Å². The average Bonchev–Trinajstić information content (AvgIpc) is 2.46. The maximum absolute atomic E-state index is 12.8. The van der Waals surface area contributed by atoms with E-state index >= 15 is 0 Å². The van der Waals surface area contributed by atoms with Crippen LogP contribution in [0.25, 0.3) is 0 Å². The molecule has 0 spiro atoms. The predicted octanol–water partition coefficient (Wildman–Crippen LogP) is 0.478. The SMILES string of the molecule is CC(C(N)=NO)N1CCN(c2ccc(F)cn2)CC1. The Morgan fingerprint density at radius 3 is 2.63 bits per heavy atom. The summed E-state index contributed by atoms with van der Waals surface area (Å²) in [6.07, 6.45) is 1.22. The molecule has 104 valence electrons. The Balaban J connectivity index is 1.94. The standard InChI is InChI=1S/C12H18FN5O/c1-9(12(14)16-19)17-4-6-18(7-5-17)11-3-2-10(13)8-15-11/h2-3,8-9,19H,4-7H2,1H3,(H2,14,16). The maximum atomic E-state index is 12.8. The van der Waals surface area contributed by atoms with Crippen LogP contribution in [0, 0.1) is 5.82 Å². The molecule has 0 aliphatic carbocycles. The number of hydrogen-bond acceptors (Lipinski definition) is 5. The highest BCUT2D eigenvalue weighted by Crippen LogP contribution is 2.14. The lowest BCUT2D eigenvalue weighted by Gasteiger charge is -2.38. The van der Waals surface area contributed by atoms with Crippen molar-refractivity contribution in [2.75, 3.05) is 31.1 Å². The van der Waals surface area contributed by atoms with Crippen molar-refractivity contribution in [3.63, 3.8) is 0 Å². The molecule has 1 unspecified atom stereocenters. The van der Waals surface area contributed by atoms with Crippen LogP contribution in [0.4, 0.5) is 10.2 Å². The van der Waals surface area contributed by atoms with Crippen LogP contribution in [0.15, 0.2) is 23.5 Å². The second-order valence-electron chi connectivity index (χ2n) is 4.56. The molecular weight excluding hydrogens is 249 g/mol. The van der Waals surface area contributed by atoms with Gasteiger partial charge in [0.2, 0.25) is 0 Å². The van der Waals surface area contributed by atoms with Gasteiger partial charge < -0.3 is 15.8 Å². The van der Waals surface area contributed by atoms with Crippen molar-refractivity contribution in [3.05, 3.63) is 24.1 Å². The van der Waals surface area contributed by atoms with E-state index in [0.29, 0.717) is 0 Å². The lowest BCUT2D eigenvalue weighted by atomic mass is 10.2. The summed E-state index contributed by atoms with van der Waals surface area (Å²) in [4.78, 5) is 8.29. The molecule has 0 amide bonds. The molecule has 3 N–H and O–H groups in total. The molecule has 0 saturated carbocycles. The monoisotopic (exact) mass is 267 g/mol. The van der Waals surface area contributed by atoms with E-state index in [-0.39, 0.29) is 17.7 Å². The zero-order valence-electron chi connectivity index (χ0n) is 10.8. The zero-order chi connectivity index (χ0) is 13.8. The zero-order valence-corrected chi connectivity index (χ0v) is 10.8. The first-order valence-corrected chi connectivity index (χ1v) is 6.20. The van der Waals surface area contributed by atoms with Gasteiger partial charge in [-0.05, 0) is 19.1 Å². The molecule has 0 aromatic carbocycles. The van der Waals surface area contributed by atoms with Crippen LogP contribution >= 0.6 is 0 Å². The molecule has 2 rings (SSSR count). The highest BCUT2D eigenvalue weighted by molar-refractivity contribution is 5.84. The molecule has 1 aromatic rings. The van der Waals surface area contributed by atoms with Gasteiger partial charge >= 0.3 is 0 Å². The van der Waals surface area contributed by atoms with Gasteiger partial charge in [0, 0.05) is 26.2 Å². The first kappa shape index (κ1) is 13.5. The second kappa shape index (κ2) is 5.83. The molecule has 1 fully saturated rings. The Hall–Kier alpha value is -1.89. The van der Waals surface area contributed by atoms with Crippen LogP contribution in [0.5, 0.6) is 0 Å². The molecular formula is C12H18FN5O. The lowest BCUT2D eigenvalue weighted by molar-refractivity contribution is 0.230. The molecule has 6 nitrogen and oxygen atoms in total. The number of rotatable bonds is 3. The molecule has 19 heavy (non-hydrogen) atoms. The van der Waals surface area contributed by atoms with Gasteiger partial charge in [-0.2, -0.15) is 0 Å². The van der Waals surface area contributed by atoms with Crippen molar-refractivity contribution in [2.24, 2.45) is 10.9 Å². The minimum absolute atomic E-state index is 0.0895. The van der Waals surface area contributed by atoms with E-state index in [0.717, 1.165) is 32.0 Å². The molecule has 7 heteroatoms. The minimum Gasteiger partial charge on any atom is -0.409 e. The fourth-order valence-electron chi connectivity index (χ4n) is 2.16. The summed E-state index contributed by atoms with van der Waals surface area (Å²) in [5.74, 6) is 0.661. The third-order valence-corrected chi connectivity index (χ3v) is 3.44. The molecule has 0 radical (unpaired) electrons. The van der Waals surface area contributed by atoms with E-state index in [1.807, 2.05) is 6.92 Å². The quantitative estimate of drug-likeness (QED) is 0.360. The van der Waals surface area contributed by atoms with Gasteiger partial charge in [0.25, 0.3) is 0 Å². The van der Waals surface area contributed by atoms with Crippen molar-refractivity contribution < 1.29 is 9.60 Å². The summed E-state index contributed by atoms with van der Waals surface area (Å²) >= 11 is 0. The fourth-order valence-corrected chi connectivity index (χ4v) is 2.16. The number of nitrogens with zero attached hydrogens (tertiary/aromatic N) is 4. The van der Waals surface area contributed by atoms with Crippen LogP contribution in [0.3, 0.4) is 0 Å². The van der Waals surface area contributed by atoms with E-state index in [1.54, 1.807) is 6.07 Å². The normalized spacial score (nSPS) is 19.5. The van der Waals surface area contributed by atoms with Gasteiger partial charge in [-0.3, -0.25) is 4.90 Å². The van der Waals surface area contributed by atoms with Crippen LogP contribution in [-0.2, 0) is 0 Å². The summed E-state index contributed by atoms with van der Waals surface area (Å²) in [6.45, 7) is 5.04. The molecule has 1 saturated heterocycles. The molecule has 1 aromatic heterocycles. The highest BCUT2D eigenvalue weighted by atomic mass is 19.1. The number of piperazine rings is 1. The van der Waals surface area contributed by atoms with Gasteiger partial charge in [-0.1, -0.05) is 5.16 Å². The van der Waals surface area contributed by atoms with Crippen molar-refractivity contribution in [1.82, 2.24) is 9.88 Å². The predicted molar refractivity (Wildman–Crippen MR) is 70.9 cm³/mol. The third-order valence-electron chi connectivity index (χ3n) is 3.44. The Labute approximate surface area is 111 Å². The summed E-state index contributed by atoms with van der Waals surface area (Å²) < 4.78 is 12.8. The van der Waals surface area contributed by atoms with Crippen molar-refractivity contribution in [2.45, 2.75) is 13.0 Å². The Morgan fingerprint density at radius 1 is 1.42 bits per heavy atom. The number of amidine groups is 1. The van der Waals surface area contributed by atoms with E-state index in [1.165, 1.54) is 12.3 Å². The van der Waals surface area contributed by atoms with Gasteiger partial charge in [0.1, 0.15) is 11.6 Å². The van der Waals surface area contributed by atoms with E-state index in [2.05, 4.69) is 19.9 Å². The fraction of sp³-hybridized carbons (Fsp3) is 0.500. The molecule has 1 atom stereocenters. The van der Waals surface area contributed by atoms with Crippen molar-refractivity contribution in [3.8, 4) is 0 Å². The largest absolute Gasteiger partial charge is 0.409 e. The van der Waals surface area contributed by atoms with E-state index in [9.17, 15) is 4.39 Å². The number of oxime groups is 1. The van der Waals surface area contributed by atoms with Gasteiger partial charge in [0.15, 0.2) is 5.84 Å². The van der Waals surface area contributed by atoms with E-state index in [4.69, 9.17) is 10.9 Å². The topological polar surface area (TPSA) is 78.0 Å². The maximum Gasteiger partial charge on any atom is 0.156 e. The summed E-state index contributed by atoms with van der Waals surface area (Å²) in [7, 11) is 0. The molecule has 0 bridgehead atoms. The molecule has 2 heterocycles. The summed E-state index contributed by atoms with van der Waals surface area (Å²) in [5.41, 5.74) is 5.60. The summed E-state index contributed by atoms with van der Waals surface area (Å²) in [6, 6.07) is 3.00. The Kier molecular flexibility index (Phi) is 4.16. The number of halogens is 1. The number of hydrogen-bond donors (Lipinski definition) is 2. The third kappa shape index (κ3) is 3.11. The van der Waals surface area contributed by atoms with Crippen LogP contribution in [-0.4, -0.2) is 53.1 Å². The minimum atomic E-state index is -0.331. The first-order chi connectivity index (χ1) is 9.11. The average molecular weight is 267 g/mol. The van der Waals surface area contributed by atoms with Crippen LogP contribution in [0.2, 0.25) is 0 Å². The van der Waals surface area contributed by atoms with Crippen LogP contribution in [0.1, 0.15) is 6.92 Å². The smallest absolute Gasteiger partial charge is 0.156 e. The second-order valence-corrected chi connectivity index (χ2v) is 4.56. The highest BCUT2D eigenvalue weighted by Gasteiger charge is 2.23. The number of anilines is 1. The Bertz CT molecular complexity index is 442. The number of aromatic nitrogens is 1. The Morgan fingerprint density at radius 2 is 2.11 bits per heavy atom. The molecule has 1 aliphatic heterocycles. The van der Waals surface area contributed by atoms with Crippen LogP contribution < -0.4 is 10.6 Å². The van der Waals surface area contributed by atoms with E-state index < -0.39 is 0 Å². The van der Waals surface area contributed by atoms with Crippen molar-refractivity contribution >= 4 is 11.7 Å². The van der Waals surface area contributed by atoms with Crippen molar-refractivity contribution in [1.29, 1.82) is 0 Å². The first-order valence-electron chi connectivity index (χ1n) is 6.20. The van der Waals surface area contributed by atoms with Gasteiger partial charge in [-0.25, -0.2) is 9.37 Å². The number of pyridine rings is 1. The summed E-state index contributed by atoms with van der Waals surface area (Å²) in [5, 5.41) is 11.7. The lowest BCUT2D eigenvalue weighted by Crippen LogP contribution is -2.53. The van der Waals surface area contributed by atoms with Gasteiger partial charge in [-0.15, -0.1) is 0 Å². The number of nitrogens with two attached hydrogens (primary N) is 1.